The quantitative estimate of drug-likeness (QED) is 0.875. The van der Waals surface area contributed by atoms with Gasteiger partial charge in [0, 0.05) is 22.8 Å². The smallest absolute Gasteiger partial charge is 0.189 e. The van der Waals surface area contributed by atoms with Gasteiger partial charge in [0.15, 0.2) is 5.78 Å². The van der Waals surface area contributed by atoms with E-state index < -0.39 is 5.54 Å². The Kier molecular flexibility index (Phi) is 3.80. The van der Waals surface area contributed by atoms with Gasteiger partial charge in [-0.2, -0.15) is 0 Å². The van der Waals surface area contributed by atoms with Crippen molar-refractivity contribution in [2.24, 2.45) is 5.73 Å². The molecule has 2 N–H and O–H groups in total. The Morgan fingerprint density at radius 3 is 2.78 bits per heavy atom. The van der Waals surface area contributed by atoms with E-state index in [1.54, 1.807) is 24.4 Å². The van der Waals surface area contributed by atoms with Crippen LogP contribution in [0.4, 0.5) is 0 Å². The van der Waals surface area contributed by atoms with Crippen molar-refractivity contribution in [2.75, 3.05) is 0 Å². The van der Waals surface area contributed by atoms with Crippen LogP contribution in [0.5, 0.6) is 0 Å². The minimum absolute atomic E-state index is 0.128. The number of aromatic nitrogens is 1. The molecule has 0 bridgehead atoms. The van der Waals surface area contributed by atoms with Gasteiger partial charge in [0.25, 0.3) is 0 Å². The molecule has 3 nitrogen and oxygen atoms in total. The molecule has 0 aliphatic rings. The second kappa shape index (κ2) is 5.18. The zero-order valence-corrected chi connectivity index (χ0v) is 11.5. The summed E-state index contributed by atoms with van der Waals surface area (Å²) in [6.07, 6.45) is 3.68. The summed E-state index contributed by atoms with van der Waals surface area (Å²) in [5.41, 5.74) is 5.77. The maximum atomic E-state index is 12.5. The molecule has 5 heteroatoms. The molecule has 0 radical (unpaired) electrons. The topological polar surface area (TPSA) is 56.0 Å². The van der Waals surface area contributed by atoms with E-state index in [0.717, 1.165) is 4.88 Å². The summed E-state index contributed by atoms with van der Waals surface area (Å²) in [4.78, 5) is 17.2. The number of nitrogens with two attached hydrogens (primary N) is 1. The van der Waals surface area contributed by atoms with Gasteiger partial charge < -0.3 is 5.73 Å². The first kappa shape index (κ1) is 13.2. The van der Waals surface area contributed by atoms with E-state index in [9.17, 15) is 4.79 Å². The fourth-order valence-corrected chi connectivity index (χ4v) is 2.97. The van der Waals surface area contributed by atoms with E-state index in [0.29, 0.717) is 16.3 Å². The van der Waals surface area contributed by atoms with Crippen molar-refractivity contribution in [2.45, 2.75) is 18.9 Å². The third kappa shape index (κ3) is 2.32. The predicted molar refractivity (Wildman–Crippen MR) is 74.1 cm³/mol. The largest absolute Gasteiger partial charge is 0.314 e. The van der Waals surface area contributed by atoms with Gasteiger partial charge in [0.05, 0.1) is 4.34 Å². The van der Waals surface area contributed by atoms with Crippen LogP contribution in [-0.2, 0) is 5.54 Å². The van der Waals surface area contributed by atoms with Gasteiger partial charge in [0.1, 0.15) is 5.54 Å². The van der Waals surface area contributed by atoms with Gasteiger partial charge in [-0.3, -0.25) is 9.78 Å². The summed E-state index contributed by atoms with van der Waals surface area (Å²) >= 11 is 7.25. The molecule has 2 rings (SSSR count). The Bertz CT molecular complexity index is 555. The molecule has 1 unspecified atom stereocenters. The van der Waals surface area contributed by atoms with Crippen LogP contribution in [0.3, 0.4) is 0 Å². The van der Waals surface area contributed by atoms with E-state index in [-0.39, 0.29) is 5.78 Å². The van der Waals surface area contributed by atoms with E-state index in [1.165, 1.54) is 17.5 Å². The van der Waals surface area contributed by atoms with Crippen molar-refractivity contribution in [3.8, 4) is 0 Å². The first-order valence-corrected chi connectivity index (χ1v) is 6.77. The zero-order chi connectivity index (χ0) is 13.2. The van der Waals surface area contributed by atoms with Crippen molar-refractivity contribution in [3.63, 3.8) is 0 Å². The number of hydrogen-bond donors (Lipinski definition) is 1. The number of Topliss-reactive ketones (excluding diaryl/α,β-unsaturated/α-hetero) is 1. The molecule has 0 fully saturated rings. The predicted octanol–water partition coefficient (Wildman–Crippen LogP) is 3.24. The zero-order valence-electron chi connectivity index (χ0n) is 9.89. The molecule has 2 heterocycles. The Hall–Kier alpha value is -1.23. The van der Waals surface area contributed by atoms with E-state index in [4.69, 9.17) is 17.3 Å². The maximum absolute atomic E-state index is 12.5. The fourth-order valence-electron chi connectivity index (χ4n) is 1.76. The Labute approximate surface area is 115 Å². The fraction of sp³-hybridized carbons (Fsp3) is 0.231. The number of rotatable bonds is 4. The van der Waals surface area contributed by atoms with E-state index in [1.807, 2.05) is 13.0 Å². The Morgan fingerprint density at radius 2 is 2.28 bits per heavy atom. The SMILES string of the molecule is CCC(N)(C(=O)c1cccnc1)c1ccc(Cl)s1. The first-order chi connectivity index (χ1) is 8.58. The highest BCUT2D eigenvalue weighted by atomic mass is 35.5. The third-order valence-corrected chi connectivity index (χ3v) is 4.31. The van der Waals surface area contributed by atoms with Crippen molar-refractivity contribution in [3.05, 3.63) is 51.4 Å². The summed E-state index contributed by atoms with van der Waals surface area (Å²) < 4.78 is 0.632. The highest BCUT2D eigenvalue weighted by Gasteiger charge is 2.36. The summed E-state index contributed by atoms with van der Waals surface area (Å²) in [5, 5.41) is 0. The summed E-state index contributed by atoms with van der Waals surface area (Å²) in [6, 6.07) is 7.02. The van der Waals surface area contributed by atoms with Crippen molar-refractivity contribution >= 4 is 28.7 Å². The molecule has 94 valence electrons. The van der Waals surface area contributed by atoms with Gasteiger partial charge in [0.2, 0.25) is 0 Å². The minimum Gasteiger partial charge on any atom is -0.314 e. The van der Waals surface area contributed by atoms with Gasteiger partial charge in [-0.15, -0.1) is 11.3 Å². The second-order valence-electron chi connectivity index (χ2n) is 4.00. The van der Waals surface area contributed by atoms with E-state index in [2.05, 4.69) is 4.98 Å². The lowest BCUT2D eigenvalue weighted by molar-refractivity contribution is 0.0884. The lowest BCUT2D eigenvalue weighted by Crippen LogP contribution is -2.43. The van der Waals surface area contributed by atoms with Gasteiger partial charge in [-0.05, 0) is 30.7 Å². The Balaban J connectivity index is 2.42. The number of halogens is 1. The van der Waals surface area contributed by atoms with Crippen LogP contribution in [0.25, 0.3) is 0 Å². The number of nitrogens with zero attached hydrogens (tertiary/aromatic N) is 1. The molecule has 2 aromatic heterocycles. The van der Waals surface area contributed by atoms with Crippen molar-refractivity contribution in [1.29, 1.82) is 0 Å². The van der Waals surface area contributed by atoms with Crippen LogP contribution in [0.1, 0.15) is 28.6 Å². The first-order valence-electron chi connectivity index (χ1n) is 5.57. The molecule has 0 aromatic carbocycles. The molecule has 1 atom stereocenters. The highest BCUT2D eigenvalue weighted by molar-refractivity contribution is 7.16. The molecular weight excluding hydrogens is 268 g/mol. The van der Waals surface area contributed by atoms with Gasteiger partial charge in [-0.25, -0.2) is 0 Å². The normalized spacial score (nSPS) is 14.2. The third-order valence-electron chi connectivity index (χ3n) is 2.90. The minimum atomic E-state index is -1.03. The number of hydrogen-bond acceptors (Lipinski definition) is 4. The van der Waals surface area contributed by atoms with Crippen LogP contribution in [0.15, 0.2) is 36.7 Å². The van der Waals surface area contributed by atoms with Crippen molar-refractivity contribution in [1.82, 2.24) is 4.98 Å². The average molecular weight is 281 g/mol. The van der Waals surface area contributed by atoms with Crippen LogP contribution in [0.2, 0.25) is 4.34 Å². The Morgan fingerprint density at radius 1 is 1.50 bits per heavy atom. The molecular formula is C13H13ClN2OS. The molecule has 0 saturated heterocycles. The molecule has 0 saturated carbocycles. The van der Waals surface area contributed by atoms with Gasteiger partial charge >= 0.3 is 0 Å². The molecule has 0 aliphatic carbocycles. The number of ketones is 1. The number of carbonyl (C=O) groups is 1. The monoisotopic (exact) mass is 280 g/mol. The summed E-state index contributed by atoms with van der Waals surface area (Å²) in [7, 11) is 0. The second-order valence-corrected chi connectivity index (χ2v) is 5.71. The lowest BCUT2D eigenvalue weighted by atomic mass is 9.87. The summed E-state index contributed by atoms with van der Waals surface area (Å²) in [6.45, 7) is 1.89. The lowest BCUT2D eigenvalue weighted by Gasteiger charge is -2.25. The summed E-state index contributed by atoms with van der Waals surface area (Å²) in [5.74, 6) is -0.128. The van der Waals surface area contributed by atoms with Crippen LogP contribution in [0, 0.1) is 0 Å². The highest BCUT2D eigenvalue weighted by Crippen LogP contribution is 2.33. The number of pyridine rings is 1. The molecule has 18 heavy (non-hydrogen) atoms. The van der Waals surface area contributed by atoms with Crippen molar-refractivity contribution < 1.29 is 4.79 Å². The number of carbonyl (C=O) groups excluding carboxylic acids is 1. The number of thiophene rings is 1. The maximum Gasteiger partial charge on any atom is 0.189 e. The van der Waals surface area contributed by atoms with Crippen LogP contribution >= 0.6 is 22.9 Å². The van der Waals surface area contributed by atoms with E-state index >= 15 is 0 Å². The standard InChI is InChI=1S/C13H13ClN2OS/c1-2-13(15,10-5-6-11(14)18-10)12(17)9-4-3-7-16-8-9/h3-8H,2,15H2,1H3. The average Bonchev–Trinajstić information content (AvgIpc) is 2.85. The molecule has 2 aromatic rings. The van der Waals surface area contributed by atoms with Crippen LogP contribution in [-0.4, -0.2) is 10.8 Å². The van der Waals surface area contributed by atoms with Crippen LogP contribution < -0.4 is 5.73 Å². The molecule has 0 amide bonds. The molecule has 0 aliphatic heterocycles. The van der Waals surface area contributed by atoms with Gasteiger partial charge in [-0.1, -0.05) is 18.5 Å². The molecule has 0 spiro atoms.